The summed E-state index contributed by atoms with van der Waals surface area (Å²) in [7, 11) is 2.13. The second kappa shape index (κ2) is 7.23. The number of anilines is 1. The molecule has 1 saturated heterocycles. The predicted molar refractivity (Wildman–Crippen MR) is 125 cm³/mol. The lowest BCUT2D eigenvalue weighted by molar-refractivity contribution is -0.115. The number of fused-ring (bicyclic) bond motifs is 1. The van der Waals surface area contributed by atoms with Crippen LogP contribution in [0.5, 0.6) is 0 Å². The van der Waals surface area contributed by atoms with Crippen LogP contribution < -0.4 is 10.2 Å². The average Bonchev–Trinajstić information content (AvgIpc) is 3.00. The summed E-state index contributed by atoms with van der Waals surface area (Å²) < 4.78 is 0. The lowest BCUT2D eigenvalue weighted by Gasteiger charge is -2.41. The van der Waals surface area contributed by atoms with Crippen LogP contribution in [0.2, 0.25) is 0 Å². The highest BCUT2D eigenvalue weighted by atomic mass is 32.2. The molecule has 2 aromatic rings. The first-order valence-electron chi connectivity index (χ1n) is 9.67. The van der Waals surface area contributed by atoms with Gasteiger partial charge in [0.2, 0.25) is 0 Å². The van der Waals surface area contributed by atoms with Crippen LogP contribution in [0.4, 0.5) is 11.4 Å². The van der Waals surface area contributed by atoms with Crippen LogP contribution in [-0.4, -0.2) is 23.7 Å². The number of likely N-dealkylation sites (N-methyl/N-ethyl adjacent to an activating group) is 1. The molecule has 29 heavy (non-hydrogen) atoms. The van der Waals surface area contributed by atoms with Crippen molar-refractivity contribution < 1.29 is 4.79 Å². The summed E-state index contributed by atoms with van der Waals surface area (Å²) in [6.07, 6.45) is 4.26. The SMILES string of the molecule is CC1=CC(C)(C)N(C)c2cc(C)c(/C=C3\SC(=Nc4ccccc4)NC3=O)cc21. The van der Waals surface area contributed by atoms with Crippen molar-refractivity contribution in [1.29, 1.82) is 0 Å². The zero-order valence-corrected chi connectivity index (χ0v) is 18.2. The topological polar surface area (TPSA) is 44.7 Å². The van der Waals surface area contributed by atoms with Gasteiger partial charge in [-0.1, -0.05) is 24.3 Å². The van der Waals surface area contributed by atoms with Crippen molar-refractivity contribution in [2.75, 3.05) is 11.9 Å². The third-order valence-corrected chi connectivity index (χ3v) is 6.44. The Morgan fingerprint density at radius 2 is 1.86 bits per heavy atom. The molecule has 0 bridgehead atoms. The molecule has 2 heterocycles. The fourth-order valence-corrected chi connectivity index (χ4v) is 4.55. The Morgan fingerprint density at radius 1 is 1.14 bits per heavy atom. The molecule has 0 spiro atoms. The molecular weight excluding hydrogens is 378 g/mol. The molecule has 1 fully saturated rings. The van der Waals surface area contributed by atoms with Gasteiger partial charge in [0, 0.05) is 18.3 Å². The molecule has 0 aliphatic carbocycles. The van der Waals surface area contributed by atoms with Crippen molar-refractivity contribution >= 4 is 45.9 Å². The van der Waals surface area contributed by atoms with E-state index in [-0.39, 0.29) is 11.4 Å². The third-order valence-electron chi connectivity index (χ3n) is 5.53. The minimum absolute atomic E-state index is 0.0203. The van der Waals surface area contributed by atoms with E-state index in [1.54, 1.807) is 0 Å². The number of allylic oxidation sites excluding steroid dienone is 1. The highest BCUT2D eigenvalue weighted by molar-refractivity contribution is 8.18. The van der Waals surface area contributed by atoms with Crippen molar-refractivity contribution in [1.82, 2.24) is 5.32 Å². The fourth-order valence-electron chi connectivity index (χ4n) is 3.71. The first-order chi connectivity index (χ1) is 13.7. The first-order valence-corrected chi connectivity index (χ1v) is 10.5. The molecular formula is C24H25N3OS. The number of benzene rings is 2. The van der Waals surface area contributed by atoms with Crippen molar-refractivity contribution in [2.24, 2.45) is 4.99 Å². The van der Waals surface area contributed by atoms with Gasteiger partial charge in [-0.3, -0.25) is 4.79 Å². The molecule has 1 amide bonds. The molecule has 5 heteroatoms. The third kappa shape index (κ3) is 3.75. The molecule has 4 rings (SSSR count). The Bertz CT molecular complexity index is 1080. The van der Waals surface area contributed by atoms with E-state index in [2.05, 4.69) is 68.2 Å². The molecule has 0 unspecified atom stereocenters. The van der Waals surface area contributed by atoms with Gasteiger partial charge < -0.3 is 10.2 Å². The number of aliphatic imine (C=N–C) groups is 1. The highest BCUT2D eigenvalue weighted by Gasteiger charge is 2.29. The number of amides is 1. The standard InChI is InChI=1S/C24H25N3OS/c1-15-11-20-19(16(2)14-24(3,4)27(20)5)12-17(15)13-21-22(28)26-23(29-21)25-18-9-7-6-8-10-18/h6-14H,1-5H3,(H,25,26,28)/b21-13-. The maximum Gasteiger partial charge on any atom is 0.264 e. The molecule has 0 aromatic heterocycles. The van der Waals surface area contributed by atoms with Crippen molar-refractivity contribution in [3.8, 4) is 0 Å². The van der Waals surface area contributed by atoms with Gasteiger partial charge in [0.1, 0.15) is 0 Å². The van der Waals surface area contributed by atoms with E-state index in [9.17, 15) is 4.79 Å². The van der Waals surface area contributed by atoms with E-state index in [0.717, 1.165) is 16.8 Å². The van der Waals surface area contributed by atoms with Gasteiger partial charge in [0.25, 0.3) is 5.91 Å². The minimum Gasteiger partial charge on any atom is -0.365 e. The van der Waals surface area contributed by atoms with E-state index in [1.807, 2.05) is 36.4 Å². The van der Waals surface area contributed by atoms with Crippen molar-refractivity contribution in [2.45, 2.75) is 33.2 Å². The van der Waals surface area contributed by atoms with E-state index in [1.165, 1.54) is 28.6 Å². The highest BCUT2D eigenvalue weighted by Crippen LogP contribution is 2.40. The Kier molecular flexibility index (Phi) is 4.87. The van der Waals surface area contributed by atoms with Crippen LogP contribution in [0.15, 0.2) is 58.4 Å². The Labute approximate surface area is 176 Å². The molecule has 1 N–H and O–H groups in total. The molecule has 2 aliphatic heterocycles. The summed E-state index contributed by atoms with van der Waals surface area (Å²) in [5, 5.41) is 3.48. The first kappa shape index (κ1) is 19.5. The number of nitrogens with zero attached hydrogens (tertiary/aromatic N) is 2. The van der Waals surface area contributed by atoms with Crippen LogP contribution in [0.25, 0.3) is 11.6 Å². The van der Waals surface area contributed by atoms with Gasteiger partial charge in [-0.05, 0) is 86.5 Å². The zero-order valence-electron chi connectivity index (χ0n) is 17.4. The Hall–Kier alpha value is -2.79. The van der Waals surface area contributed by atoms with E-state index in [0.29, 0.717) is 10.1 Å². The lowest BCUT2D eigenvalue weighted by Crippen LogP contribution is -2.42. The van der Waals surface area contributed by atoms with Gasteiger partial charge in [-0.15, -0.1) is 0 Å². The number of para-hydroxylation sites is 1. The molecule has 4 nitrogen and oxygen atoms in total. The van der Waals surface area contributed by atoms with E-state index >= 15 is 0 Å². The van der Waals surface area contributed by atoms with Crippen molar-refractivity contribution in [3.05, 3.63) is 70.1 Å². The number of carbonyl (C=O) groups excluding carboxylic acids is 1. The average molecular weight is 404 g/mol. The van der Waals surface area contributed by atoms with Crippen LogP contribution in [0, 0.1) is 6.92 Å². The summed E-state index contributed by atoms with van der Waals surface area (Å²) in [6.45, 7) is 8.69. The number of hydrogen-bond acceptors (Lipinski definition) is 4. The fraction of sp³-hybridized carbons (Fsp3) is 0.250. The molecule has 2 aromatic carbocycles. The van der Waals surface area contributed by atoms with Gasteiger partial charge in [0.05, 0.1) is 16.1 Å². The molecule has 2 aliphatic rings. The Morgan fingerprint density at radius 3 is 2.59 bits per heavy atom. The van der Waals surface area contributed by atoms with Crippen LogP contribution in [-0.2, 0) is 4.79 Å². The number of aryl methyl sites for hydroxylation is 1. The monoisotopic (exact) mass is 403 g/mol. The quantitative estimate of drug-likeness (QED) is 0.672. The van der Waals surface area contributed by atoms with E-state index in [4.69, 9.17) is 0 Å². The van der Waals surface area contributed by atoms with Gasteiger partial charge in [-0.25, -0.2) is 4.99 Å². The lowest BCUT2D eigenvalue weighted by atomic mass is 9.87. The number of amidine groups is 1. The smallest absolute Gasteiger partial charge is 0.264 e. The van der Waals surface area contributed by atoms with E-state index < -0.39 is 0 Å². The summed E-state index contributed by atoms with van der Waals surface area (Å²) in [6, 6.07) is 14.1. The second-order valence-corrected chi connectivity index (χ2v) is 9.11. The number of nitrogens with one attached hydrogen (secondary N) is 1. The van der Waals surface area contributed by atoms with Crippen LogP contribution in [0.1, 0.15) is 37.5 Å². The number of carbonyl (C=O) groups is 1. The van der Waals surface area contributed by atoms with Gasteiger partial charge in [-0.2, -0.15) is 0 Å². The molecule has 148 valence electrons. The molecule has 0 saturated carbocycles. The maximum absolute atomic E-state index is 12.5. The van der Waals surface area contributed by atoms with Gasteiger partial charge >= 0.3 is 0 Å². The zero-order chi connectivity index (χ0) is 20.8. The summed E-state index contributed by atoms with van der Waals surface area (Å²) in [5.41, 5.74) is 6.72. The molecule has 0 radical (unpaired) electrons. The summed E-state index contributed by atoms with van der Waals surface area (Å²) >= 11 is 1.38. The summed E-state index contributed by atoms with van der Waals surface area (Å²) in [4.78, 5) is 20.0. The molecule has 0 atom stereocenters. The maximum atomic E-state index is 12.5. The summed E-state index contributed by atoms with van der Waals surface area (Å²) in [5.74, 6) is -0.104. The number of rotatable bonds is 2. The van der Waals surface area contributed by atoms with Crippen LogP contribution in [0.3, 0.4) is 0 Å². The minimum atomic E-state index is -0.104. The number of hydrogen-bond donors (Lipinski definition) is 1. The largest absolute Gasteiger partial charge is 0.365 e. The van der Waals surface area contributed by atoms with Crippen molar-refractivity contribution in [3.63, 3.8) is 0 Å². The predicted octanol–water partition coefficient (Wildman–Crippen LogP) is 5.52. The normalized spacial score (nSPS) is 20.7. The van der Waals surface area contributed by atoms with Crippen LogP contribution >= 0.6 is 11.8 Å². The second-order valence-electron chi connectivity index (χ2n) is 8.08. The number of thioether (sulfide) groups is 1. The van der Waals surface area contributed by atoms with Gasteiger partial charge in [0.15, 0.2) is 5.17 Å². The Balaban J connectivity index is 1.68.